The van der Waals surface area contributed by atoms with Crippen LogP contribution in [0, 0.1) is 5.92 Å². The molecule has 1 heterocycles. The van der Waals surface area contributed by atoms with Gasteiger partial charge < -0.3 is 15.3 Å². The lowest BCUT2D eigenvalue weighted by molar-refractivity contribution is 0.298. The molecule has 108 valence electrons. The van der Waals surface area contributed by atoms with Crippen LogP contribution in [0.15, 0.2) is 18.3 Å². The summed E-state index contributed by atoms with van der Waals surface area (Å²) < 4.78 is 0. The van der Waals surface area contributed by atoms with Crippen LogP contribution >= 0.6 is 0 Å². The van der Waals surface area contributed by atoms with Crippen LogP contribution in [0.25, 0.3) is 0 Å². The zero-order valence-corrected chi connectivity index (χ0v) is 12.6. The number of rotatable bonds is 8. The summed E-state index contributed by atoms with van der Waals surface area (Å²) in [6.07, 6.45) is 1.91. The Hall–Kier alpha value is -1.13. The summed E-state index contributed by atoms with van der Waals surface area (Å²) in [5.74, 6) is 1.59. The lowest BCUT2D eigenvalue weighted by Gasteiger charge is -2.27. The Morgan fingerprint density at radius 2 is 2.00 bits per heavy atom. The molecule has 0 bridgehead atoms. The molecule has 1 rings (SSSR count). The van der Waals surface area contributed by atoms with E-state index in [2.05, 4.69) is 49.0 Å². The predicted octanol–water partition coefficient (Wildman–Crippen LogP) is 2.03. The third-order valence-corrected chi connectivity index (χ3v) is 2.95. The van der Waals surface area contributed by atoms with Crippen LogP contribution in [-0.2, 0) is 6.54 Å². The second-order valence-electron chi connectivity index (χ2n) is 5.56. The quantitative estimate of drug-likeness (QED) is 0.755. The first-order valence-electron chi connectivity index (χ1n) is 7.07. The van der Waals surface area contributed by atoms with Crippen LogP contribution in [0.5, 0.6) is 0 Å². The molecule has 4 nitrogen and oxygen atoms in total. The van der Waals surface area contributed by atoms with Gasteiger partial charge in [-0.1, -0.05) is 19.9 Å². The molecule has 2 N–H and O–H groups in total. The van der Waals surface area contributed by atoms with Gasteiger partial charge in [0.1, 0.15) is 5.82 Å². The smallest absolute Gasteiger partial charge is 0.128 e. The SMILES string of the molecule is CC(C)CNCc1ccc(N(CCO)C(C)C)nc1. The summed E-state index contributed by atoms with van der Waals surface area (Å²) in [6, 6.07) is 4.47. The molecule has 0 aliphatic carbocycles. The van der Waals surface area contributed by atoms with Crippen molar-refractivity contribution < 1.29 is 5.11 Å². The molecule has 0 aromatic carbocycles. The summed E-state index contributed by atoms with van der Waals surface area (Å²) in [7, 11) is 0. The maximum absolute atomic E-state index is 9.09. The fourth-order valence-electron chi connectivity index (χ4n) is 1.94. The highest BCUT2D eigenvalue weighted by Gasteiger charge is 2.10. The minimum Gasteiger partial charge on any atom is -0.395 e. The molecular weight excluding hydrogens is 238 g/mol. The highest BCUT2D eigenvalue weighted by molar-refractivity contribution is 5.40. The lowest BCUT2D eigenvalue weighted by atomic mass is 10.2. The minimum absolute atomic E-state index is 0.150. The maximum Gasteiger partial charge on any atom is 0.128 e. The van der Waals surface area contributed by atoms with Crippen LogP contribution in [0.3, 0.4) is 0 Å². The molecule has 0 radical (unpaired) electrons. The van der Waals surface area contributed by atoms with Crippen LogP contribution < -0.4 is 10.2 Å². The van der Waals surface area contributed by atoms with Gasteiger partial charge in [0, 0.05) is 25.3 Å². The number of hydrogen-bond donors (Lipinski definition) is 2. The molecule has 19 heavy (non-hydrogen) atoms. The Morgan fingerprint density at radius 3 is 2.47 bits per heavy atom. The number of nitrogens with one attached hydrogen (secondary N) is 1. The van der Waals surface area contributed by atoms with Crippen molar-refractivity contribution in [2.24, 2.45) is 5.92 Å². The van der Waals surface area contributed by atoms with Gasteiger partial charge in [-0.15, -0.1) is 0 Å². The van der Waals surface area contributed by atoms with E-state index in [1.807, 2.05) is 12.3 Å². The van der Waals surface area contributed by atoms with Gasteiger partial charge in [-0.25, -0.2) is 4.98 Å². The van der Waals surface area contributed by atoms with Crippen molar-refractivity contribution >= 4 is 5.82 Å². The summed E-state index contributed by atoms with van der Waals surface area (Å²) in [5, 5.41) is 12.5. The number of anilines is 1. The largest absolute Gasteiger partial charge is 0.395 e. The Morgan fingerprint density at radius 1 is 1.26 bits per heavy atom. The van der Waals surface area contributed by atoms with Gasteiger partial charge >= 0.3 is 0 Å². The molecule has 0 fully saturated rings. The third-order valence-electron chi connectivity index (χ3n) is 2.95. The van der Waals surface area contributed by atoms with E-state index >= 15 is 0 Å². The van der Waals surface area contributed by atoms with Gasteiger partial charge in [-0.2, -0.15) is 0 Å². The van der Waals surface area contributed by atoms with Crippen molar-refractivity contribution in [2.75, 3.05) is 24.6 Å². The Bertz CT molecular complexity index is 349. The van der Waals surface area contributed by atoms with Crippen molar-refractivity contribution in [2.45, 2.75) is 40.3 Å². The zero-order chi connectivity index (χ0) is 14.3. The van der Waals surface area contributed by atoms with Gasteiger partial charge in [0.2, 0.25) is 0 Å². The first kappa shape index (κ1) is 15.9. The summed E-state index contributed by atoms with van der Waals surface area (Å²) >= 11 is 0. The molecule has 0 aliphatic heterocycles. The number of nitrogens with zero attached hydrogens (tertiary/aromatic N) is 2. The Kier molecular flexibility index (Phi) is 6.81. The fourth-order valence-corrected chi connectivity index (χ4v) is 1.94. The molecule has 0 saturated carbocycles. The average molecular weight is 265 g/mol. The number of hydrogen-bond acceptors (Lipinski definition) is 4. The van der Waals surface area contributed by atoms with E-state index in [0.29, 0.717) is 18.5 Å². The first-order chi connectivity index (χ1) is 9.04. The number of pyridine rings is 1. The van der Waals surface area contributed by atoms with E-state index in [4.69, 9.17) is 5.11 Å². The normalized spacial score (nSPS) is 11.3. The van der Waals surface area contributed by atoms with Crippen molar-refractivity contribution in [3.8, 4) is 0 Å². The van der Waals surface area contributed by atoms with Gasteiger partial charge in [0.15, 0.2) is 0 Å². The van der Waals surface area contributed by atoms with Crippen molar-refractivity contribution in [1.29, 1.82) is 0 Å². The zero-order valence-electron chi connectivity index (χ0n) is 12.6. The van der Waals surface area contributed by atoms with Gasteiger partial charge in [0.25, 0.3) is 0 Å². The molecule has 0 atom stereocenters. The van der Waals surface area contributed by atoms with E-state index in [9.17, 15) is 0 Å². The van der Waals surface area contributed by atoms with E-state index in [1.54, 1.807) is 0 Å². The first-order valence-corrected chi connectivity index (χ1v) is 7.07. The highest BCUT2D eigenvalue weighted by Crippen LogP contribution is 2.14. The molecule has 0 aliphatic rings. The second-order valence-corrected chi connectivity index (χ2v) is 5.56. The van der Waals surface area contributed by atoms with Crippen LogP contribution in [-0.4, -0.2) is 35.8 Å². The summed E-state index contributed by atoms with van der Waals surface area (Å²) in [4.78, 5) is 6.59. The molecule has 0 amide bonds. The van der Waals surface area contributed by atoms with Gasteiger partial charge in [-0.3, -0.25) is 0 Å². The predicted molar refractivity (Wildman–Crippen MR) is 80.3 cm³/mol. The van der Waals surface area contributed by atoms with Crippen molar-refractivity contribution in [1.82, 2.24) is 10.3 Å². The Balaban J connectivity index is 2.59. The monoisotopic (exact) mass is 265 g/mol. The standard InChI is InChI=1S/C15H27N3O/c1-12(2)9-16-10-14-5-6-15(17-11-14)18(7-8-19)13(3)4/h5-6,11-13,16,19H,7-10H2,1-4H3. The molecule has 0 unspecified atom stereocenters. The number of aliphatic hydroxyl groups excluding tert-OH is 1. The highest BCUT2D eigenvalue weighted by atomic mass is 16.3. The molecule has 1 aromatic rings. The Labute approximate surface area is 116 Å². The second kappa shape index (κ2) is 8.12. The van der Waals surface area contributed by atoms with Crippen LogP contribution in [0.1, 0.15) is 33.3 Å². The molecule has 1 aromatic heterocycles. The van der Waals surface area contributed by atoms with Gasteiger partial charge in [0.05, 0.1) is 6.61 Å². The van der Waals surface area contributed by atoms with Crippen LogP contribution in [0.2, 0.25) is 0 Å². The molecule has 0 spiro atoms. The summed E-state index contributed by atoms with van der Waals surface area (Å²) in [6.45, 7) is 11.3. The van der Waals surface area contributed by atoms with Crippen molar-refractivity contribution in [3.63, 3.8) is 0 Å². The van der Waals surface area contributed by atoms with E-state index < -0.39 is 0 Å². The maximum atomic E-state index is 9.09. The number of aromatic nitrogens is 1. The topological polar surface area (TPSA) is 48.4 Å². The molecule has 0 saturated heterocycles. The van der Waals surface area contributed by atoms with Gasteiger partial charge in [-0.05, 0) is 37.9 Å². The van der Waals surface area contributed by atoms with Crippen LogP contribution in [0.4, 0.5) is 5.82 Å². The summed E-state index contributed by atoms with van der Waals surface area (Å²) in [5.41, 5.74) is 1.19. The average Bonchev–Trinajstić information content (AvgIpc) is 2.36. The van der Waals surface area contributed by atoms with E-state index in [1.165, 1.54) is 5.56 Å². The lowest BCUT2D eigenvalue weighted by Crippen LogP contribution is -2.34. The van der Waals surface area contributed by atoms with E-state index in [0.717, 1.165) is 18.9 Å². The fraction of sp³-hybridized carbons (Fsp3) is 0.667. The van der Waals surface area contributed by atoms with E-state index in [-0.39, 0.29) is 6.61 Å². The molecule has 4 heteroatoms. The number of aliphatic hydroxyl groups is 1. The molecular formula is C15H27N3O. The minimum atomic E-state index is 0.150. The van der Waals surface area contributed by atoms with Crippen molar-refractivity contribution in [3.05, 3.63) is 23.9 Å². The third kappa shape index (κ3) is 5.57.